The van der Waals surface area contributed by atoms with Gasteiger partial charge in [-0.15, -0.1) is 11.3 Å². The summed E-state index contributed by atoms with van der Waals surface area (Å²) in [6.07, 6.45) is 0.177. The molecule has 1 aromatic rings. The topological polar surface area (TPSA) is 43.8 Å². The second-order valence-electron chi connectivity index (χ2n) is 4.59. The first-order chi connectivity index (χ1) is 8.56. The molecule has 18 heavy (non-hydrogen) atoms. The van der Waals surface area contributed by atoms with Crippen LogP contribution in [0.4, 0.5) is 0 Å². The normalized spacial score (nSPS) is 19.9. The minimum Gasteiger partial charge on any atom is -0.481 e. The standard InChI is InChI=1S/C12H17BrN2O2S/c1-14-4-6-15(7-5-14)9(8-12(16)17)10-2-3-11(13)18-10/h2-3,9H,4-8H2,1H3,(H,16,17). The number of carboxylic acids is 1. The van der Waals surface area contributed by atoms with Crippen molar-refractivity contribution in [2.75, 3.05) is 33.2 Å². The molecule has 0 aromatic carbocycles. The van der Waals surface area contributed by atoms with E-state index in [2.05, 4.69) is 32.8 Å². The Bertz CT molecular complexity index is 416. The molecular weight excluding hydrogens is 316 g/mol. The Morgan fingerprint density at radius 1 is 1.44 bits per heavy atom. The van der Waals surface area contributed by atoms with Crippen LogP contribution in [0.2, 0.25) is 0 Å². The van der Waals surface area contributed by atoms with Gasteiger partial charge < -0.3 is 10.0 Å². The smallest absolute Gasteiger partial charge is 0.305 e. The molecule has 0 aliphatic carbocycles. The predicted molar refractivity (Wildman–Crippen MR) is 76.1 cm³/mol. The summed E-state index contributed by atoms with van der Waals surface area (Å²) in [5.74, 6) is -0.733. The van der Waals surface area contributed by atoms with Crippen molar-refractivity contribution in [3.05, 3.63) is 20.8 Å². The summed E-state index contributed by atoms with van der Waals surface area (Å²) in [5, 5.41) is 9.09. The zero-order valence-corrected chi connectivity index (χ0v) is 12.7. The van der Waals surface area contributed by atoms with Gasteiger partial charge in [-0.25, -0.2) is 0 Å². The zero-order valence-electron chi connectivity index (χ0n) is 10.3. The molecule has 0 amide bonds. The molecule has 0 bridgehead atoms. The second-order valence-corrected chi connectivity index (χ2v) is 7.09. The highest BCUT2D eigenvalue weighted by atomic mass is 79.9. The largest absolute Gasteiger partial charge is 0.481 e. The van der Waals surface area contributed by atoms with Crippen molar-refractivity contribution in [1.82, 2.24) is 9.80 Å². The second kappa shape index (κ2) is 6.14. The molecule has 1 aliphatic heterocycles. The number of hydrogen-bond acceptors (Lipinski definition) is 4. The van der Waals surface area contributed by atoms with Crippen molar-refractivity contribution >= 4 is 33.2 Å². The molecule has 4 nitrogen and oxygen atoms in total. The fourth-order valence-corrected chi connectivity index (χ4v) is 3.77. The number of likely N-dealkylation sites (N-methyl/N-ethyl adjacent to an activating group) is 1. The molecule has 6 heteroatoms. The highest BCUT2D eigenvalue weighted by Crippen LogP contribution is 2.33. The van der Waals surface area contributed by atoms with Crippen LogP contribution in [0.5, 0.6) is 0 Å². The van der Waals surface area contributed by atoms with Crippen LogP contribution < -0.4 is 0 Å². The molecule has 1 aromatic heterocycles. The van der Waals surface area contributed by atoms with Crippen molar-refractivity contribution in [1.29, 1.82) is 0 Å². The van der Waals surface area contributed by atoms with Gasteiger partial charge in [-0.1, -0.05) is 0 Å². The van der Waals surface area contributed by atoms with Crippen LogP contribution in [0.1, 0.15) is 17.3 Å². The molecule has 1 atom stereocenters. The number of carbonyl (C=O) groups is 1. The van der Waals surface area contributed by atoms with Crippen molar-refractivity contribution in [2.45, 2.75) is 12.5 Å². The maximum absolute atomic E-state index is 11.1. The first kappa shape index (κ1) is 14.0. The fourth-order valence-electron chi connectivity index (χ4n) is 2.22. The molecular formula is C12H17BrN2O2S. The molecule has 1 fully saturated rings. The van der Waals surface area contributed by atoms with E-state index in [1.54, 1.807) is 11.3 Å². The third-order valence-electron chi connectivity index (χ3n) is 3.27. The number of carboxylic acid groups (broad SMARTS) is 1. The highest BCUT2D eigenvalue weighted by Gasteiger charge is 2.26. The molecule has 0 radical (unpaired) electrons. The first-order valence-corrected chi connectivity index (χ1v) is 7.57. The maximum Gasteiger partial charge on any atom is 0.305 e. The molecule has 100 valence electrons. The van der Waals surface area contributed by atoms with Crippen LogP contribution in [0, 0.1) is 0 Å². The SMILES string of the molecule is CN1CCN(C(CC(=O)O)c2ccc(Br)s2)CC1. The molecule has 2 heterocycles. The van der Waals surface area contributed by atoms with E-state index in [-0.39, 0.29) is 12.5 Å². The minimum absolute atomic E-state index is 0.00694. The van der Waals surface area contributed by atoms with E-state index in [0.29, 0.717) is 0 Å². The number of piperazine rings is 1. The van der Waals surface area contributed by atoms with Crippen LogP contribution in [-0.2, 0) is 4.79 Å². The summed E-state index contributed by atoms with van der Waals surface area (Å²) in [6, 6.07) is 4.03. The maximum atomic E-state index is 11.1. The summed E-state index contributed by atoms with van der Waals surface area (Å²) in [4.78, 5) is 16.7. The van der Waals surface area contributed by atoms with E-state index >= 15 is 0 Å². The number of rotatable bonds is 4. The van der Waals surface area contributed by atoms with E-state index < -0.39 is 5.97 Å². The molecule has 1 unspecified atom stereocenters. The predicted octanol–water partition coefficient (Wildman–Crippen LogP) is 2.27. The van der Waals surface area contributed by atoms with E-state index in [0.717, 1.165) is 34.8 Å². The van der Waals surface area contributed by atoms with Crippen molar-refractivity contribution < 1.29 is 9.90 Å². The number of halogens is 1. The van der Waals surface area contributed by atoms with Gasteiger partial charge in [-0.2, -0.15) is 0 Å². The van der Waals surface area contributed by atoms with Crippen LogP contribution >= 0.6 is 27.3 Å². The van der Waals surface area contributed by atoms with Crippen molar-refractivity contribution in [3.8, 4) is 0 Å². The molecule has 1 N–H and O–H groups in total. The van der Waals surface area contributed by atoms with E-state index in [1.165, 1.54) is 0 Å². The molecule has 2 rings (SSSR count). The van der Waals surface area contributed by atoms with Gasteiger partial charge in [0, 0.05) is 31.1 Å². The van der Waals surface area contributed by atoms with E-state index in [4.69, 9.17) is 5.11 Å². The lowest BCUT2D eigenvalue weighted by molar-refractivity contribution is -0.138. The summed E-state index contributed by atoms with van der Waals surface area (Å²) in [6.45, 7) is 3.87. The summed E-state index contributed by atoms with van der Waals surface area (Å²) in [5.41, 5.74) is 0. The van der Waals surface area contributed by atoms with Crippen molar-refractivity contribution in [3.63, 3.8) is 0 Å². The van der Waals surface area contributed by atoms with Crippen LogP contribution in [0.15, 0.2) is 15.9 Å². The van der Waals surface area contributed by atoms with Gasteiger partial charge in [0.05, 0.1) is 16.2 Å². The summed E-state index contributed by atoms with van der Waals surface area (Å²) in [7, 11) is 2.10. The van der Waals surface area contributed by atoms with Gasteiger partial charge in [-0.3, -0.25) is 9.69 Å². The van der Waals surface area contributed by atoms with Gasteiger partial charge in [0.1, 0.15) is 0 Å². The third kappa shape index (κ3) is 3.54. The Kier molecular flexibility index (Phi) is 4.77. The zero-order chi connectivity index (χ0) is 13.1. The van der Waals surface area contributed by atoms with Crippen LogP contribution in [0.25, 0.3) is 0 Å². The van der Waals surface area contributed by atoms with Gasteiger partial charge in [-0.05, 0) is 35.1 Å². The monoisotopic (exact) mass is 332 g/mol. The Hall–Kier alpha value is -0.430. The summed E-state index contributed by atoms with van der Waals surface area (Å²) < 4.78 is 1.06. The average Bonchev–Trinajstić information content (AvgIpc) is 2.74. The number of thiophene rings is 1. The van der Waals surface area contributed by atoms with Crippen LogP contribution in [0.3, 0.4) is 0 Å². The Morgan fingerprint density at radius 3 is 2.61 bits per heavy atom. The van der Waals surface area contributed by atoms with E-state index in [1.807, 2.05) is 12.1 Å². The van der Waals surface area contributed by atoms with Crippen LogP contribution in [-0.4, -0.2) is 54.1 Å². The van der Waals surface area contributed by atoms with Gasteiger partial charge >= 0.3 is 5.97 Å². The lowest BCUT2D eigenvalue weighted by Gasteiger charge is -2.37. The molecule has 1 aliphatic rings. The minimum atomic E-state index is -0.733. The molecule has 1 saturated heterocycles. The van der Waals surface area contributed by atoms with Gasteiger partial charge in [0.15, 0.2) is 0 Å². The summed E-state index contributed by atoms with van der Waals surface area (Å²) >= 11 is 5.07. The lowest BCUT2D eigenvalue weighted by Crippen LogP contribution is -2.46. The Labute approximate surface area is 119 Å². The fraction of sp³-hybridized carbons (Fsp3) is 0.583. The van der Waals surface area contributed by atoms with E-state index in [9.17, 15) is 4.79 Å². The van der Waals surface area contributed by atoms with Crippen molar-refractivity contribution in [2.24, 2.45) is 0 Å². The lowest BCUT2D eigenvalue weighted by atomic mass is 10.1. The highest BCUT2D eigenvalue weighted by molar-refractivity contribution is 9.11. The number of aliphatic carboxylic acids is 1. The Balaban J connectivity index is 2.12. The molecule has 0 saturated carbocycles. The molecule has 0 spiro atoms. The van der Waals surface area contributed by atoms with Gasteiger partial charge in [0.2, 0.25) is 0 Å². The third-order valence-corrected chi connectivity index (χ3v) is 4.99. The quantitative estimate of drug-likeness (QED) is 0.918. The first-order valence-electron chi connectivity index (χ1n) is 5.96. The Morgan fingerprint density at radius 2 is 2.11 bits per heavy atom. The van der Waals surface area contributed by atoms with Gasteiger partial charge in [0.25, 0.3) is 0 Å². The average molecular weight is 333 g/mol. The number of hydrogen-bond donors (Lipinski definition) is 1. The number of nitrogens with zero attached hydrogens (tertiary/aromatic N) is 2.